The Bertz CT molecular complexity index is 480. The first-order valence-corrected chi connectivity index (χ1v) is 8.58. The summed E-state index contributed by atoms with van der Waals surface area (Å²) < 4.78 is 11.0. The SMILES string of the molecule is CCN1CCSC1(COc1ccc(OC)cc1)C(=O)CS. The number of ether oxygens (including phenoxy) is 2. The van der Waals surface area contributed by atoms with Gasteiger partial charge in [-0.25, -0.2) is 0 Å². The van der Waals surface area contributed by atoms with Crippen molar-refractivity contribution in [2.24, 2.45) is 0 Å². The van der Waals surface area contributed by atoms with Crippen LogP contribution in [0, 0.1) is 0 Å². The van der Waals surface area contributed by atoms with Crippen LogP contribution in [0.25, 0.3) is 0 Å². The Hall–Kier alpha value is -0.850. The van der Waals surface area contributed by atoms with E-state index in [-0.39, 0.29) is 11.5 Å². The van der Waals surface area contributed by atoms with Gasteiger partial charge in [-0.3, -0.25) is 9.69 Å². The van der Waals surface area contributed by atoms with E-state index in [2.05, 4.69) is 24.5 Å². The van der Waals surface area contributed by atoms with E-state index >= 15 is 0 Å². The summed E-state index contributed by atoms with van der Waals surface area (Å²) in [4.78, 5) is 14.0. The number of thiol groups is 1. The average molecular weight is 327 g/mol. The summed E-state index contributed by atoms with van der Waals surface area (Å²) in [6, 6.07) is 7.41. The van der Waals surface area contributed by atoms with Crippen LogP contribution in [0.2, 0.25) is 0 Å². The summed E-state index contributed by atoms with van der Waals surface area (Å²) in [6.45, 7) is 4.15. The van der Waals surface area contributed by atoms with Crippen LogP contribution >= 0.6 is 24.4 Å². The minimum absolute atomic E-state index is 0.115. The van der Waals surface area contributed by atoms with E-state index in [4.69, 9.17) is 9.47 Å². The van der Waals surface area contributed by atoms with Crippen LogP contribution < -0.4 is 9.47 Å². The van der Waals surface area contributed by atoms with Gasteiger partial charge in [-0.15, -0.1) is 11.8 Å². The molecule has 1 aromatic carbocycles. The molecule has 0 N–H and O–H groups in total. The Morgan fingerprint density at radius 2 is 2.05 bits per heavy atom. The fourth-order valence-electron chi connectivity index (χ4n) is 2.46. The van der Waals surface area contributed by atoms with Crippen molar-refractivity contribution in [1.82, 2.24) is 4.90 Å². The molecule has 0 aromatic heterocycles. The first-order valence-electron chi connectivity index (χ1n) is 6.96. The Morgan fingerprint density at radius 1 is 1.38 bits per heavy atom. The molecule has 1 aliphatic rings. The van der Waals surface area contributed by atoms with Gasteiger partial charge in [0.2, 0.25) is 0 Å². The zero-order valence-electron chi connectivity index (χ0n) is 12.4. The number of thioether (sulfide) groups is 1. The van der Waals surface area contributed by atoms with Gasteiger partial charge in [0, 0.05) is 12.3 Å². The molecule has 0 aliphatic carbocycles. The van der Waals surface area contributed by atoms with E-state index < -0.39 is 4.87 Å². The van der Waals surface area contributed by atoms with Crippen molar-refractivity contribution in [3.05, 3.63) is 24.3 Å². The van der Waals surface area contributed by atoms with Gasteiger partial charge in [-0.05, 0) is 30.8 Å². The van der Waals surface area contributed by atoms with Crippen molar-refractivity contribution in [2.45, 2.75) is 11.8 Å². The highest BCUT2D eigenvalue weighted by Gasteiger charge is 2.47. The highest BCUT2D eigenvalue weighted by atomic mass is 32.2. The standard InChI is InChI=1S/C15H21NO3S2/c1-3-16-8-9-21-15(16,14(17)10-20)11-19-13-6-4-12(18-2)5-7-13/h4-7,20H,3,8-11H2,1-2H3. The summed E-state index contributed by atoms with van der Waals surface area (Å²) in [5, 5.41) is 0. The molecule has 0 amide bonds. The average Bonchev–Trinajstić information content (AvgIpc) is 2.96. The lowest BCUT2D eigenvalue weighted by Gasteiger charge is -2.34. The summed E-state index contributed by atoms with van der Waals surface area (Å²) in [5.41, 5.74) is 0. The molecule has 1 unspecified atom stereocenters. The fourth-order valence-corrected chi connectivity index (χ4v) is 4.25. The minimum Gasteiger partial charge on any atom is -0.497 e. The molecule has 21 heavy (non-hydrogen) atoms. The number of methoxy groups -OCH3 is 1. The number of carbonyl (C=O) groups is 1. The van der Waals surface area contributed by atoms with Crippen LogP contribution in [0.15, 0.2) is 24.3 Å². The zero-order valence-corrected chi connectivity index (χ0v) is 14.1. The quantitative estimate of drug-likeness (QED) is 0.778. The molecule has 1 saturated heterocycles. The van der Waals surface area contributed by atoms with Crippen LogP contribution in [0.1, 0.15) is 6.92 Å². The van der Waals surface area contributed by atoms with E-state index in [0.29, 0.717) is 6.61 Å². The van der Waals surface area contributed by atoms with E-state index in [1.165, 1.54) is 0 Å². The second-order valence-electron chi connectivity index (χ2n) is 4.76. The van der Waals surface area contributed by atoms with Crippen LogP contribution in [0.3, 0.4) is 0 Å². The number of likely N-dealkylation sites (N-methyl/N-ethyl adjacent to an activating group) is 1. The first-order chi connectivity index (χ1) is 10.2. The summed E-state index contributed by atoms with van der Waals surface area (Å²) in [7, 11) is 1.63. The third-order valence-electron chi connectivity index (χ3n) is 3.67. The third-order valence-corrected chi connectivity index (χ3v) is 5.42. The molecule has 116 valence electrons. The lowest BCUT2D eigenvalue weighted by molar-refractivity contribution is -0.124. The Balaban J connectivity index is 2.10. The number of carbonyl (C=O) groups excluding carboxylic acids is 1. The van der Waals surface area contributed by atoms with Gasteiger partial charge in [0.15, 0.2) is 10.7 Å². The second kappa shape index (κ2) is 7.42. The molecule has 1 aromatic rings. The normalized spacial score (nSPS) is 22.2. The molecule has 0 bridgehead atoms. The van der Waals surface area contributed by atoms with Crippen molar-refractivity contribution in [2.75, 3.05) is 38.3 Å². The van der Waals surface area contributed by atoms with E-state index in [1.54, 1.807) is 18.9 Å². The van der Waals surface area contributed by atoms with Crippen LogP contribution in [0.5, 0.6) is 11.5 Å². The molecule has 1 atom stereocenters. The number of hydrogen-bond acceptors (Lipinski definition) is 6. The van der Waals surface area contributed by atoms with Crippen molar-refractivity contribution in [3.63, 3.8) is 0 Å². The Labute approximate surface area is 135 Å². The predicted molar refractivity (Wildman–Crippen MR) is 89.8 cm³/mol. The van der Waals surface area contributed by atoms with Gasteiger partial charge >= 0.3 is 0 Å². The van der Waals surface area contributed by atoms with Gasteiger partial charge in [-0.1, -0.05) is 6.92 Å². The van der Waals surface area contributed by atoms with Gasteiger partial charge < -0.3 is 9.47 Å². The highest BCUT2D eigenvalue weighted by Crippen LogP contribution is 2.37. The molecular formula is C15H21NO3S2. The second-order valence-corrected chi connectivity index (χ2v) is 6.45. The predicted octanol–water partition coefficient (Wildman–Crippen LogP) is 2.34. The molecule has 6 heteroatoms. The van der Waals surface area contributed by atoms with Gasteiger partial charge in [0.25, 0.3) is 0 Å². The maximum absolute atomic E-state index is 12.4. The molecule has 1 fully saturated rings. The van der Waals surface area contributed by atoms with Crippen LogP contribution in [-0.2, 0) is 4.79 Å². The van der Waals surface area contributed by atoms with Crippen LogP contribution in [0.4, 0.5) is 0 Å². The van der Waals surface area contributed by atoms with E-state index in [1.807, 2.05) is 24.3 Å². The lowest BCUT2D eigenvalue weighted by atomic mass is 10.1. The molecule has 0 spiro atoms. The van der Waals surface area contributed by atoms with Crippen molar-refractivity contribution in [3.8, 4) is 11.5 Å². The van der Waals surface area contributed by atoms with Crippen molar-refractivity contribution < 1.29 is 14.3 Å². The fraction of sp³-hybridized carbons (Fsp3) is 0.533. The first kappa shape index (κ1) is 16.5. The summed E-state index contributed by atoms with van der Waals surface area (Å²) >= 11 is 5.83. The Morgan fingerprint density at radius 3 is 2.62 bits per heavy atom. The molecule has 0 radical (unpaired) electrons. The molecule has 1 aliphatic heterocycles. The summed E-state index contributed by atoms with van der Waals surface area (Å²) in [5.74, 6) is 2.82. The number of ketones is 1. The lowest BCUT2D eigenvalue weighted by Crippen LogP contribution is -2.53. The highest BCUT2D eigenvalue weighted by molar-refractivity contribution is 8.01. The number of nitrogens with zero attached hydrogens (tertiary/aromatic N) is 1. The number of benzene rings is 1. The zero-order chi connectivity index (χ0) is 15.3. The summed E-state index contributed by atoms with van der Waals surface area (Å²) in [6.07, 6.45) is 0. The molecular weight excluding hydrogens is 306 g/mol. The maximum Gasteiger partial charge on any atom is 0.176 e. The number of rotatable bonds is 7. The van der Waals surface area contributed by atoms with Gasteiger partial charge in [0.05, 0.1) is 12.9 Å². The molecule has 1 heterocycles. The van der Waals surface area contributed by atoms with Crippen LogP contribution in [-0.4, -0.2) is 53.9 Å². The number of hydrogen-bond donors (Lipinski definition) is 1. The third kappa shape index (κ3) is 3.49. The smallest absolute Gasteiger partial charge is 0.176 e. The molecule has 0 saturated carbocycles. The maximum atomic E-state index is 12.4. The van der Waals surface area contributed by atoms with E-state index in [9.17, 15) is 4.79 Å². The van der Waals surface area contributed by atoms with Gasteiger partial charge in [0.1, 0.15) is 18.1 Å². The van der Waals surface area contributed by atoms with Gasteiger partial charge in [-0.2, -0.15) is 12.6 Å². The van der Waals surface area contributed by atoms with E-state index in [0.717, 1.165) is 30.3 Å². The van der Waals surface area contributed by atoms with Crippen molar-refractivity contribution >= 4 is 30.2 Å². The Kier molecular flexibility index (Phi) is 5.84. The number of Topliss-reactive ketones (excluding diaryl/α,β-unsaturated/α-hetero) is 1. The monoisotopic (exact) mass is 327 g/mol. The topological polar surface area (TPSA) is 38.8 Å². The largest absolute Gasteiger partial charge is 0.497 e. The molecule has 2 rings (SSSR count). The van der Waals surface area contributed by atoms with Crippen molar-refractivity contribution in [1.29, 1.82) is 0 Å². The molecule has 4 nitrogen and oxygen atoms in total. The minimum atomic E-state index is -0.601.